The number of esters is 1. The Hall–Kier alpha value is -2.92. The summed E-state index contributed by atoms with van der Waals surface area (Å²) in [6.07, 6.45) is -3.57. The van der Waals surface area contributed by atoms with Crippen molar-refractivity contribution < 1.29 is 37.2 Å². The van der Waals surface area contributed by atoms with Gasteiger partial charge in [0.05, 0.1) is 6.61 Å². The average Bonchev–Trinajstić information content (AvgIpc) is 3.11. The second-order valence-corrected chi connectivity index (χ2v) is 7.83. The summed E-state index contributed by atoms with van der Waals surface area (Å²) in [7, 11) is -1.11. The minimum absolute atomic E-state index is 0.249. The minimum atomic E-state index is -4.56. The van der Waals surface area contributed by atoms with E-state index in [0.717, 1.165) is 17.8 Å². The highest BCUT2D eigenvalue weighted by molar-refractivity contribution is 6.62. The van der Waals surface area contributed by atoms with Gasteiger partial charge in [-0.15, -0.1) is 0 Å². The fourth-order valence-electron chi connectivity index (χ4n) is 3.39. The van der Waals surface area contributed by atoms with Gasteiger partial charge in [0.25, 0.3) is 5.91 Å². The number of hydrogen-bond acceptors (Lipinski definition) is 6. The molecule has 0 fully saturated rings. The summed E-state index contributed by atoms with van der Waals surface area (Å²) in [5.41, 5.74) is 1.41. The number of amides is 1. The van der Waals surface area contributed by atoms with E-state index in [9.17, 15) is 27.8 Å². The number of halogens is 3. The van der Waals surface area contributed by atoms with Gasteiger partial charge in [-0.05, 0) is 41.6 Å². The summed E-state index contributed by atoms with van der Waals surface area (Å²) < 4.78 is 48.2. The Labute approximate surface area is 183 Å². The molecule has 0 bridgehead atoms. The molecule has 0 saturated heterocycles. The van der Waals surface area contributed by atoms with Crippen LogP contribution < -0.4 is 10.8 Å². The molecule has 1 atom stereocenters. The number of ether oxygens (including phenoxy) is 1. The Morgan fingerprint density at radius 1 is 1.28 bits per heavy atom. The highest BCUT2D eigenvalue weighted by Gasteiger charge is 2.33. The summed E-state index contributed by atoms with van der Waals surface area (Å²) in [6.45, 7) is 5.09. The molecule has 3 rings (SSSR count). The van der Waals surface area contributed by atoms with Crippen molar-refractivity contribution in [3.8, 4) is 0 Å². The number of carbonyl (C=O) groups excluding carboxylic acids is 2. The van der Waals surface area contributed by atoms with Crippen LogP contribution >= 0.6 is 0 Å². The lowest BCUT2D eigenvalue weighted by Gasteiger charge is -2.22. The third-order valence-electron chi connectivity index (χ3n) is 5.20. The van der Waals surface area contributed by atoms with Crippen LogP contribution in [0.1, 0.15) is 46.6 Å². The number of nitrogens with one attached hydrogen (secondary N) is 1. The first-order valence-electron chi connectivity index (χ1n) is 9.90. The maximum Gasteiger partial charge on any atom is 0.492 e. The largest absolute Gasteiger partial charge is 0.492 e. The van der Waals surface area contributed by atoms with Crippen LogP contribution in [-0.2, 0) is 33.6 Å². The number of benzene rings is 1. The van der Waals surface area contributed by atoms with Crippen molar-refractivity contribution in [1.29, 1.82) is 0 Å². The van der Waals surface area contributed by atoms with Crippen molar-refractivity contribution in [3.05, 3.63) is 58.4 Å². The third-order valence-corrected chi connectivity index (χ3v) is 5.20. The zero-order chi connectivity index (χ0) is 23.6. The lowest BCUT2D eigenvalue weighted by molar-refractivity contribution is -0.148. The Bertz CT molecular complexity index is 1010. The first-order chi connectivity index (χ1) is 15.0. The van der Waals surface area contributed by atoms with Crippen LogP contribution in [0.3, 0.4) is 0 Å². The van der Waals surface area contributed by atoms with E-state index in [2.05, 4.69) is 10.3 Å². The van der Waals surface area contributed by atoms with Crippen molar-refractivity contribution in [2.24, 2.45) is 5.92 Å². The lowest BCUT2D eigenvalue weighted by atomic mass is 9.75. The van der Waals surface area contributed by atoms with E-state index in [-0.39, 0.29) is 24.7 Å². The highest BCUT2D eigenvalue weighted by Crippen LogP contribution is 2.27. The molecule has 0 spiro atoms. The number of fused-ring (bicyclic) bond motifs is 1. The fourth-order valence-corrected chi connectivity index (χ4v) is 3.39. The van der Waals surface area contributed by atoms with Gasteiger partial charge in [-0.2, -0.15) is 13.2 Å². The van der Waals surface area contributed by atoms with Gasteiger partial charge in [0.2, 0.25) is 0 Å². The normalized spacial score (nSPS) is 14.3. The van der Waals surface area contributed by atoms with E-state index >= 15 is 0 Å². The monoisotopic (exact) mass is 450 g/mol. The number of hydrogen-bond donors (Lipinski definition) is 2. The van der Waals surface area contributed by atoms with Crippen LogP contribution in [-0.4, -0.2) is 35.0 Å². The van der Waals surface area contributed by atoms with E-state index in [1.165, 1.54) is 6.07 Å². The standard InChI is InChI=1S/C21H22BF3N2O5/c1-11(2)18(20(29)31-9-13-4-7-16(26-8-13)21(23,24)25)27-19(28)15-6-5-14-10-32-22(30)17(14)12(15)3/h4-8,11,18,30H,9-10H2,1-3H3,(H,27,28). The van der Waals surface area contributed by atoms with Gasteiger partial charge in [-0.1, -0.05) is 26.0 Å². The maximum atomic E-state index is 12.8. The van der Waals surface area contributed by atoms with Gasteiger partial charge >= 0.3 is 19.3 Å². The quantitative estimate of drug-likeness (QED) is 0.517. The number of rotatable bonds is 6. The molecular weight excluding hydrogens is 428 g/mol. The Morgan fingerprint density at radius 3 is 2.59 bits per heavy atom. The number of nitrogens with zero attached hydrogens (tertiary/aromatic N) is 1. The SMILES string of the molecule is Cc1c(C(=O)NC(C(=O)OCc2ccc(C(F)(F)F)nc2)C(C)C)ccc2c1B(O)OC2. The van der Waals surface area contributed by atoms with Crippen molar-refractivity contribution in [2.75, 3.05) is 0 Å². The van der Waals surface area contributed by atoms with Gasteiger partial charge < -0.3 is 19.7 Å². The maximum absolute atomic E-state index is 12.8. The summed E-state index contributed by atoms with van der Waals surface area (Å²) in [5.74, 6) is -1.56. The molecule has 170 valence electrons. The van der Waals surface area contributed by atoms with Crippen molar-refractivity contribution >= 4 is 24.5 Å². The third kappa shape index (κ3) is 5.10. The zero-order valence-corrected chi connectivity index (χ0v) is 17.7. The van der Waals surface area contributed by atoms with Gasteiger partial charge in [0.1, 0.15) is 18.3 Å². The van der Waals surface area contributed by atoms with Gasteiger partial charge in [-0.25, -0.2) is 4.79 Å². The molecule has 1 aromatic carbocycles. The molecule has 0 radical (unpaired) electrons. The van der Waals surface area contributed by atoms with Crippen LogP contribution in [0.4, 0.5) is 13.2 Å². The molecule has 7 nitrogen and oxygen atoms in total. The van der Waals surface area contributed by atoms with Crippen LogP contribution in [0, 0.1) is 12.8 Å². The molecule has 1 aromatic heterocycles. The van der Waals surface area contributed by atoms with Gasteiger partial charge in [0.15, 0.2) is 0 Å². The first kappa shape index (κ1) is 23.7. The Balaban J connectivity index is 1.67. The predicted octanol–water partition coefficient (Wildman–Crippen LogP) is 2.12. The van der Waals surface area contributed by atoms with E-state index in [1.54, 1.807) is 32.9 Å². The summed E-state index contributed by atoms with van der Waals surface area (Å²) in [5, 5.41) is 12.6. The summed E-state index contributed by atoms with van der Waals surface area (Å²) >= 11 is 0. The van der Waals surface area contributed by atoms with E-state index < -0.39 is 36.9 Å². The van der Waals surface area contributed by atoms with Crippen LogP contribution in [0.5, 0.6) is 0 Å². The van der Waals surface area contributed by atoms with Crippen molar-refractivity contribution in [3.63, 3.8) is 0 Å². The summed E-state index contributed by atoms with van der Waals surface area (Å²) in [6, 6.07) is 4.28. The number of carbonyl (C=O) groups is 2. The molecule has 1 amide bonds. The van der Waals surface area contributed by atoms with Crippen molar-refractivity contribution in [1.82, 2.24) is 10.3 Å². The number of alkyl halides is 3. The molecule has 32 heavy (non-hydrogen) atoms. The molecule has 1 unspecified atom stereocenters. The van der Waals surface area contributed by atoms with Gasteiger partial charge in [-0.3, -0.25) is 9.78 Å². The van der Waals surface area contributed by atoms with E-state index in [4.69, 9.17) is 9.39 Å². The Morgan fingerprint density at radius 2 is 2.00 bits per heavy atom. The lowest BCUT2D eigenvalue weighted by Crippen LogP contribution is -2.46. The molecule has 1 aliphatic rings. The number of aromatic nitrogens is 1. The molecule has 2 heterocycles. The van der Waals surface area contributed by atoms with E-state index in [0.29, 0.717) is 16.6 Å². The molecule has 2 N–H and O–H groups in total. The first-order valence-corrected chi connectivity index (χ1v) is 9.90. The minimum Gasteiger partial charge on any atom is -0.459 e. The molecule has 0 saturated carbocycles. The zero-order valence-electron chi connectivity index (χ0n) is 17.7. The van der Waals surface area contributed by atoms with Crippen LogP contribution in [0.2, 0.25) is 0 Å². The average molecular weight is 450 g/mol. The summed E-state index contributed by atoms with van der Waals surface area (Å²) in [4.78, 5) is 28.7. The van der Waals surface area contributed by atoms with E-state index in [1.807, 2.05) is 0 Å². The second kappa shape index (κ2) is 9.29. The molecule has 2 aromatic rings. The predicted molar refractivity (Wildman–Crippen MR) is 109 cm³/mol. The molecular formula is C21H22BF3N2O5. The van der Waals surface area contributed by atoms with Crippen LogP contribution in [0.15, 0.2) is 30.5 Å². The fraction of sp³-hybridized carbons (Fsp3) is 0.381. The van der Waals surface area contributed by atoms with Gasteiger partial charge in [0, 0.05) is 17.3 Å². The van der Waals surface area contributed by atoms with Crippen molar-refractivity contribution in [2.45, 2.75) is 46.2 Å². The Kier molecular flexibility index (Phi) is 6.89. The highest BCUT2D eigenvalue weighted by atomic mass is 19.4. The number of pyridine rings is 1. The molecule has 11 heteroatoms. The second-order valence-electron chi connectivity index (χ2n) is 7.83. The smallest absolute Gasteiger partial charge is 0.459 e. The molecule has 0 aliphatic carbocycles. The van der Waals surface area contributed by atoms with Crippen LogP contribution in [0.25, 0.3) is 0 Å². The topological polar surface area (TPSA) is 97.8 Å². The molecule has 1 aliphatic heterocycles.